The van der Waals surface area contributed by atoms with Crippen LogP contribution in [0.25, 0.3) is 22.3 Å². The van der Waals surface area contributed by atoms with Crippen molar-refractivity contribution in [2.75, 3.05) is 13.1 Å². The van der Waals surface area contributed by atoms with E-state index in [1.807, 2.05) is 0 Å². The lowest BCUT2D eigenvalue weighted by Gasteiger charge is -2.38. The minimum atomic E-state index is -4.63. The zero-order valence-electron chi connectivity index (χ0n) is 14.4. The Morgan fingerprint density at radius 3 is 2.64 bits per heavy atom. The van der Waals surface area contributed by atoms with E-state index < -0.39 is 17.6 Å². The van der Waals surface area contributed by atoms with E-state index in [1.54, 1.807) is 27.9 Å². The smallest absolute Gasteiger partial charge is 0.335 e. The van der Waals surface area contributed by atoms with Gasteiger partial charge in [0.2, 0.25) is 5.91 Å². The maximum atomic E-state index is 14.5. The Kier molecular flexibility index (Phi) is 4.17. The number of fused-ring (bicyclic) bond motifs is 1. The van der Waals surface area contributed by atoms with Crippen molar-refractivity contribution in [3.8, 4) is 11.3 Å². The molecule has 2 aromatic heterocycles. The Morgan fingerprint density at radius 1 is 1.25 bits per heavy atom. The van der Waals surface area contributed by atoms with E-state index in [1.165, 1.54) is 6.08 Å². The summed E-state index contributed by atoms with van der Waals surface area (Å²) < 4.78 is 54.5. The molecule has 0 radical (unpaired) electrons. The van der Waals surface area contributed by atoms with Crippen LogP contribution >= 0.6 is 0 Å². The van der Waals surface area contributed by atoms with Crippen LogP contribution in [0.4, 0.5) is 17.6 Å². The Labute approximate surface area is 156 Å². The van der Waals surface area contributed by atoms with Crippen molar-refractivity contribution in [2.45, 2.75) is 12.2 Å². The van der Waals surface area contributed by atoms with Gasteiger partial charge in [0, 0.05) is 30.2 Å². The van der Waals surface area contributed by atoms with Gasteiger partial charge in [-0.3, -0.25) is 4.79 Å². The lowest BCUT2D eigenvalue weighted by atomic mass is 10.1. The molecule has 28 heavy (non-hydrogen) atoms. The predicted molar refractivity (Wildman–Crippen MR) is 93.7 cm³/mol. The van der Waals surface area contributed by atoms with Crippen LogP contribution in [0.3, 0.4) is 0 Å². The number of hydrogen-bond acceptors (Lipinski definition) is 3. The van der Waals surface area contributed by atoms with Crippen LogP contribution in [0, 0.1) is 5.82 Å². The van der Waals surface area contributed by atoms with Crippen molar-refractivity contribution in [1.82, 2.24) is 19.7 Å². The Morgan fingerprint density at radius 2 is 2.00 bits per heavy atom. The van der Waals surface area contributed by atoms with Crippen molar-refractivity contribution >= 4 is 16.9 Å². The largest absolute Gasteiger partial charge is 0.416 e. The quantitative estimate of drug-likeness (QED) is 0.505. The second kappa shape index (κ2) is 6.43. The van der Waals surface area contributed by atoms with E-state index in [2.05, 4.69) is 16.7 Å². The summed E-state index contributed by atoms with van der Waals surface area (Å²) in [5.74, 6) is -1.21. The van der Waals surface area contributed by atoms with Gasteiger partial charge in [-0.1, -0.05) is 6.58 Å². The van der Waals surface area contributed by atoms with Crippen LogP contribution in [0.5, 0.6) is 0 Å². The Hall–Kier alpha value is -3.23. The monoisotopic (exact) mass is 390 g/mol. The highest BCUT2D eigenvalue weighted by Crippen LogP contribution is 2.36. The van der Waals surface area contributed by atoms with Gasteiger partial charge in [-0.05, 0) is 36.4 Å². The van der Waals surface area contributed by atoms with Gasteiger partial charge >= 0.3 is 6.18 Å². The number of pyridine rings is 1. The molecule has 1 aromatic carbocycles. The molecule has 0 saturated carbocycles. The number of halogens is 4. The molecule has 1 aliphatic heterocycles. The Balaban J connectivity index is 1.76. The average molecular weight is 390 g/mol. The van der Waals surface area contributed by atoms with Gasteiger partial charge in [0.15, 0.2) is 5.65 Å². The van der Waals surface area contributed by atoms with E-state index in [-0.39, 0.29) is 23.2 Å². The standard InChI is InChI=1S/C19H14F4N4O/c1-2-16(28)26-9-12(10-26)27-18-14(4-3-7-24-18)17(25-27)13-6-5-11(8-15(13)20)19(21,22)23/h2-8,12H,1,9-10H2. The molecule has 1 saturated heterocycles. The SMILES string of the molecule is C=CC(=O)N1CC(n2nc(-c3ccc(C(F)(F)F)cc3F)c3cccnc32)C1. The zero-order chi connectivity index (χ0) is 20.1. The van der Waals surface area contributed by atoms with Crippen molar-refractivity contribution < 1.29 is 22.4 Å². The summed E-state index contributed by atoms with van der Waals surface area (Å²) in [5.41, 5.74) is -0.411. The molecule has 0 aliphatic carbocycles. The highest BCUT2D eigenvalue weighted by Gasteiger charge is 2.34. The van der Waals surface area contributed by atoms with Crippen LogP contribution in [0.15, 0.2) is 49.2 Å². The maximum absolute atomic E-state index is 14.5. The van der Waals surface area contributed by atoms with E-state index in [9.17, 15) is 22.4 Å². The first-order valence-electron chi connectivity index (χ1n) is 8.41. The second-order valence-corrected chi connectivity index (χ2v) is 6.46. The van der Waals surface area contributed by atoms with Gasteiger partial charge in [-0.25, -0.2) is 14.1 Å². The van der Waals surface area contributed by atoms with Crippen LogP contribution in [-0.4, -0.2) is 38.7 Å². The van der Waals surface area contributed by atoms with E-state index in [0.717, 1.165) is 12.1 Å². The number of aromatic nitrogens is 3. The van der Waals surface area contributed by atoms with Crippen LogP contribution in [0.1, 0.15) is 11.6 Å². The van der Waals surface area contributed by atoms with Gasteiger partial charge in [0.05, 0.1) is 11.6 Å². The topological polar surface area (TPSA) is 51.0 Å². The number of benzene rings is 1. The van der Waals surface area contributed by atoms with Crippen LogP contribution < -0.4 is 0 Å². The number of carbonyl (C=O) groups excluding carboxylic acids is 1. The molecular formula is C19H14F4N4O. The van der Waals surface area contributed by atoms with E-state index in [4.69, 9.17) is 0 Å². The number of hydrogen-bond donors (Lipinski definition) is 0. The fourth-order valence-electron chi connectivity index (χ4n) is 3.23. The van der Waals surface area contributed by atoms with E-state index >= 15 is 0 Å². The molecule has 1 aliphatic rings. The first-order valence-corrected chi connectivity index (χ1v) is 8.41. The number of amides is 1. The van der Waals surface area contributed by atoms with Crippen LogP contribution in [0.2, 0.25) is 0 Å². The molecule has 0 unspecified atom stereocenters. The molecule has 9 heteroatoms. The van der Waals surface area contributed by atoms with E-state index in [0.29, 0.717) is 30.2 Å². The third-order valence-corrected chi connectivity index (χ3v) is 4.71. The second-order valence-electron chi connectivity index (χ2n) is 6.46. The molecule has 144 valence electrons. The summed E-state index contributed by atoms with van der Waals surface area (Å²) in [6.07, 6.45) is -1.85. The summed E-state index contributed by atoms with van der Waals surface area (Å²) in [5, 5.41) is 4.95. The minimum Gasteiger partial charge on any atom is -0.335 e. The third-order valence-electron chi connectivity index (χ3n) is 4.71. The number of alkyl halides is 3. The molecule has 3 heterocycles. The molecule has 0 N–H and O–H groups in total. The van der Waals surface area contributed by atoms with Crippen molar-refractivity contribution in [3.63, 3.8) is 0 Å². The summed E-state index contributed by atoms with van der Waals surface area (Å²) in [7, 11) is 0. The Bertz CT molecular complexity index is 1080. The molecule has 5 nitrogen and oxygen atoms in total. The number of nitrogens with zero attached hydrogens (tertiary/aromatic N) is 4. The molecule has 1 fully saturated rings. The lowest BCUT2D eigenvalue weighted by Crippen LogP contribution is -2.50. The van der Waals surface area contributed by atoms with Crippen LogP contribution in [-0.2, 0) is 11.0 Å². The molecule has 1 amide bonds. The summed E-state index contributed by atoms with van der Waals surface area (Å²) >= 11 is 0. The molecular weight excluding hydrogens is 376 g/mol. The highest BCUT2D eigenvalue weighted by molar-refractivity contribution is 5.91. The van der Waals surface area contributed by atoms with Gasteiger partial charge in [0.25, 0.3) is 0 Å². The molecule has 0 spiro atoms. The third kappa shape index (κ3) is 2.92. The molecule has 4 rings (SSSR count). The lowest BCUT2D eigenvalue weighted by molar-refractivity contribution is -0.137. The first kappa shape index (κ1) is 18.1. The molecule has 0 bridgehead atoms. The van der Waals surface area contributed by atoms with Crippen molar-refractivity contribution in [1.29, 1.82) is 0 Å². The number of likely N-dealkylation sites (tertiary alicyclic amines) is 1. The predicted octanol–water partition coefficient (Wildman–Crippen LogP) is 3.83. The van der Waals surface area contributed by atoms with Gasteiger partial charge in [0.1, 0.15) is 11.5 Å². The fraction of sp³-hybridized carbons (Fsp3) is 0.211. The van der Waals surface area contributed by atoms with Crippen molar-refractivity contribution in [3.05, 3.63) is 60.6 Å². The highest BCUT2D eigenvalue weighted by atomic mass is 19.4. The molecule has 3 aromatic rings. The van der Waals surface area contributed by atoms with Gasteiger partial charge in [-0.15, -0.1) is 0 Å². The van der Waals surface area contributed by atoms with Gasteiger partial charge in [-0.2, -0.15) is 18.3 Å². The number of rotatable bonds is 3. The minimum absolute atomic E-state index is 0.0388. The summed E-state index contributed by atoms with van der Waals surface area (Å²) in [6, 6.07) is 5.54. The first-order chi connectivity index (χ1) is 13.3. The van der Waals surface area contributed by atoms with Crippen molar-refractivity contribution in [2.24, 2.45) is 0 Å². The number of carbonyl (C=O) groups is 1. The maximum Gasteiger partial charge on any atom is 0.416 e. The summed E-state index contributed by atoms with van der Waals surface area (Å²) in [6.45, 7) is 4.23. The normalized spacial score (nSPS) is 14.9. The average Bonchev–Trinajstić information content (AvgIpc) is 2.99. The summed E-state index contributed by atoms with van der Waals surface area (Å²) in [4.78, 5) is 17.5. The fourth-order valence-corrected chi connectivity index (χ4v) is 3.23. The molecule has 0 atom stereocenters. The van der Waals surface area contributed by atoms with Gasteiger partial charge < -0.3 is 4.90 Å². The zero-order valence-corrected chi connectivity index (χ0v) is 14.4.